The maximum Gasteiger partial charge on any atom is 0.239 e. The molecule has 0 aliphatic rings. The minimum Gasteiger partial charge on any atom is -0.355 e. The van der Waals surface area contributed by atoms with Crippen molar-refractivity contribution in [1.29, 1.82) is 0 Å². The van der Waals surface area contributed by atoms with Gasteiger partial charge in [-0.1, -0.05) is 0 Å². The summed E-state index contributed by atoms with van der Waals surface area (Å²) in [5, 5.41) is 2.73. The van der Waals surface area contributed by atoms with Crippen molar-refractivity contribution in [3.8, 4) is 0 Å². The predicted octanol–water partition coefficient (Wildman–Crippen LogP) is 0.811. The van der Waals surface area contributed by atoms with Gasteiger partial charge >= 0.3 is 0 Å². The van der Waals surface area contributed by atoms with Gasteiger partial charge < -0.3 is 10.2 Å². The molecule has 0 bridgehead atoms. The van der Waals surface area contributed by atoms with Crippen LogP contribution in [-0.4, -0.2) is 36.0 Å². The van der Waals surface area contributed by atoms with Crippen LogP contribution in [0.25, 0.3) is 0 Å². The molecule has 5 nitrogen and oxygen atoms in total. The first-order valence-corrected chi connectivity index (χ1v) is 5.38. The predicted molar refractivity (Wildman–Crippen MR) is 61.7 cm³/mol. The summed E-state index contributed by atoms with van der Waals surface area (Å²) in [5.74, 6) is 0.692. The van der Waals surface area contributed by atoms with Gasteiger partial charge in [-0.15, -0.1) is 0 Å². The van der Waals surface area contributed by atoms with Crippen molar-refractivity contribution in [3.05, 3.63) is 17.0 Å². The smallest absolute Gasteiger partial charge is 0.239 e. The summed E-state index contributed by atoms with van der Waals surface area (Å²) in [6.07, 6.45) is 1.45. The third kappa shape index (κ3) is 3.83. The lowest BCUT2D eigenvalue weighted by atomic mass is 10.4. The van der Waals surface area contributed by atoms with Gasteiger partial charge in [0.2, 0.25) is 5.91 Å². The highest BCUT2D eigenvalue weighted by atomic mass is 79.9. The van der Waals surface area contributed by atoms with E-state index in [-0.39, 0.29) is 12.5 Å². The quantitative estimate of drug-likeness (QED) is 0.825. The monoisotopic (exact) mass is 272 g/mol. The van der Waals surface area contributed by atoms with Crippen molar-refractivity contribution in [2.24, 2.45) is 0 Å². The van der Waals surface area contributed by atoms with Gasteiger partial charge in [0, 0.05) is 19.7 Å². The molecule has 0 spiro atoms. The lowest BCUT2D eigenvalue weighted by molar-refractivity contribution is -0.119. The first-order valence-electron chi connectivity index (χ1n) is 4.59. The van der Waals surface area contributed by atoms with Crippen LogP contribution in [0.2, 0.25) is 0 Å². The topological polar surface area (TPSA) is 58.1 Å². The highest BCUT2D eigenvalue weighted by molar-refractivity contribution is 9.10. The molecule has 0 atom stereocenters. The minimum atomic E-state index is -0.0188. The fraction of sp³-hybridized carbons (Fsp3) is 0.444. The van der Waals surface area contributed by atoms with Gasteiger partial charge in [0.05, 0.1) is 6.54 Å². The van der Waals surface area contributed by atoms with E-state index < -0.39 is 0 Å². The summed E-state index contributed by atoms with van der Waals surface area (Å²) in [6, 6.07) is 1.76. The average molecular weight is 273 g/mol. The zero-order valence-electron chi connectivity index (χ0n) is 8.70. The Morgan fingerprint density at radius 3 is 2.93 bits per heavy atom. The molecule has 0 radical (unpaired) electrons. The van der Waals surface area contributed by atoms with Crippen LogP contribution in [0.3, 0.4) is 0 Å². The number of halogens is 1. The highest BCUT2D eigenvalue weighted by Gasteiger charge is 2.07. The summed E-state index contributed by atoms with van der Waals surface area (Å²) in [4.78, 5) is 21.0. The third-order valence-electron chi connectivity index (χ3n) is 1.77. The Balaban J connectivity index is 2.60. The second kappa shape index (κ2) is 5.65. The molecule has 0 aliphatic heterocycles. The van der Waals surface area contributed by atoms with Gasteiger partial charge in [-0.2, -0.15) is 0 Å². The number of anilines is 1. The van der Waals surface area contributed by atoms with E-state index in [1.165, 1.54) is 6.33 Å². The van der Waals surface area contributed by atoms with Crippen molar-refractivity contribution in [1.82, 2.24) is 15.3 Å². The number of hydrogen-bond acceptors (Lipinski definition) is 4. The Bertz CT molecular complexity index is 345. The van der Waals surface area contributed by atoms with Crippen molar-refractivity contribution in [3.63, 3.8) is 0 Å². The van der Waals surface area contributed by atoms with Crippen LogP contribution in [0.4, 0.5) is 5.82 Å². The van der Waals surface area contributed by atoms with E-state index in [9.17, 15) is 4.79 Å². The molecule has 0 saturated carbocycles. The molecular formula is C9H13BrN4O. The molecule has 82 valence electrons. The molecule has 1 aromatic heterocycles. The molecule has 6 heteroatoms. The van der Waals surface area contributed by atoms with Crippen molar-refractivity contribution in [2.45, 2.75) is 6.92 Å². The van der Waals surface area contributed by atoms with E-state index in [0.29, 0.717) is 17.0 Å². The van der Waals surface area contributed by atoms with E-state index >= 15 is 0 Å². The SMILES string of the molecule is CCNC(=O)CN(C)c1cc(Br)ncn1. The summed E-state index contributed by atoms with van der Waals surface area (Å²) in [7, 11) is 1.81. The van der Waals surface area contributed by atoms with E-state index in [1.807, 2.05) is 14.0 Å². The highest BCUT2D eigenvalue weighted by Crippen LogP contribution is 2.12. The summed E-state index contributed by atoms with van der Waals surface area (Å²) >= 11 is 3.25. The molecule has 1 heterocycles. The Labute approximate surface area is 97.0 Å². The normalized spacial score (nSPS) is 9.80. The van der Waals surface area contributed by atoms with Gasteiger partial charge in [0.1, 0.15) is 16.7 Å². The molecule has 1 aromatic rings. The second-order valence-corrected chi connectivity index (χ2v) is 3.82. The molecule has 1 amide bonds. The van der Waals surface area contributed by atoms with Crippen LogP contribution < -0.4 is 10.2 Å². The fourth-order valence-electron chi connectivity index (χ4n) is 1.08. The third-order valence-corrected chi connectivity index (χ3v) is 2.20. The zero-order valence-corrected chi connectivity index (χ0v) is 10.3. The average Bonchev–Trinajstić information content (AvgIpc) is 2.18. The number of carbonyl (C=O) groups excluding carboxylic acids is 1. The molecule has 0 unspecified atom stereocenters. The maximum absolute atomic E-state index is 11.3. The number of hydrogen-bond donors (Lipinski definition) is 1. The Hall–Kier alpha value is -1.17. The maximum atomic E-state index is 11.3. The van der Waals surface area contributed by atoms with E-state index in [1.54, 1.807) is 11.0 Å². The number of nitrogens with one attached hydrogen (secondary N) is 1. The van der Waals surface area contributed by atoms with Crippen molar-refractivity contribution < 1.29 is 4.79 Å². The lowest BCUT2D eigenvalue weighted by Gasteiger charge is -2.16. The Kier molecular flexibility index (Phi) is 4.48. The number of carbonyl (C=O) groups is 1. The number of amides is 1. The molecule has 0 fully saturated rings. The van der Waals surface area contributed by atoms with Gasteiger partial charge in [-0.25, -0.2) is 9.97 Å². The summed E-state index contributed by atoms with van der Waals surface area (Å²) in [6.45, 7) is 2.82. The molecule has 1 N–H and O–H groups in total. The molecule has 15 heavy (non-hydrogen) atoms. The number of likely N-dealkylation sites (N-methyl/N-ethyl adjacent to an activating group) is 2. The van der Waals surface area contributed by atoms with Crippen LogP contribution in [0.15, 0.2) is 17.0 Å². The van der Waals surface area contributed by atoms with E-state index in [0.717, 1.165) is 0 Å². The van der Waals surface area contributed by atoms with Crippen molar-refractivity contribution >= 4 is 27.7 Å². The molecule has 0 saturated heterocycles. The van der Waals surface area contributed by atoms with Gasteiger partial charge in [-0.3, -0.25) is 4.79 Å². The molecule has 1 rings (SSSR count). The van der Waals surface area contributed by atoms with Gasteiger partial charge in [0.25, 0.3) is 0 Å². The van der Waals surface area contributed by atoms with E-state index in [2.05, 4.69) is 31.2 Å². The number of nitrogens with zero attached hydrogens (tertiary/aromatic N) is 3. The zero-order chi connectivity index (χ0) is 11.3. The fourth-order valence-corrected chi connectivity index (χ4v) is 1.38. The van der Waals surface area contributed by atoms with Crippen LogP contribution in [0.1, 0.15) is 6.92 Å². The van der Waals surface area contributed by atoms with Crippen molar-refractivity contribution in [2.75, 3.05) is 25.0 Å². The molecular weight excluding hydrogens is 260 g/mol. The number of aromatic nitrogens is 2. The molecule has 0 aromatic carbocycles. The second-order valence-electron chi connectivity index (χ2n) is 3.01. The first-order chi connectivity index (χ1) is 7.13. The largest absolute Gasteiger partial charge is 0.355 e. The number of rotatable bonds is 4. The first kappa shape index (κ1) is 11.9. The minimum absolute atomic E-state index is 0.0188. The van der Waals surface area contributed by atoms with E-state index in [4.69, 9.17) is 0 Å². The standard InChI is InChI=1S/C9H13BrN4O/c1-3-11-9(15)5-14(2)8-4-7(10)12-6-13-8/h4,6H,3,5H2,1-2H3,(H,11,15). The molecule has 0 aliphatic carbocycles. The van der Waals surface area contributed by atoms with Crippen LogP contribution in [0.5, 0.6) is 0 Å². The van der Waals surface area contributed by atoms with Gasteiger partial charge in [-0.05, 0) is 22.9 Å². The summed E-state index contributed by atoms with van der Waals surface area (Å²) < 4.78 is 0.704. The van der Waals surface area contributed by atoms with Crippen LogP contribution in [-0.2, 0) is 4.79 Å². The van der Waals surface area contributed by atoms with Crippen LogP contribution in [0, 0.1) is 0 Å². The Morgan fingerprint density at radius 1 is 1.60 bits per heavy atom. The Morgan fingerprint density at radius 2 is 2.33 bits per heavy atom. The van der Waals surface area contributed by atoms with Crippen LogP contribution >= 0.6 is 15.9 Å². The summed E-state index contributed by atoms with van der Waals surface area (Å²) in [5.41, 5.74) is 0. The van der Waals surface area contributed by atoms with Gasteiger partial charge in [0.15, 0.2) is 0 Å². The lowest BCUT2D eigenvalue weighted by Crippen LogP contribution is -2.35.